The Bertz CT molecular complexity index is 535. The number of fused-ring (bicyclic) bond motifs is 1. The van der Waals surface area contributed by atoms with Crippen molar-refractivity contribution in [2.24, 2.45) is 0 Å². The molecule has 0 spiro atoms. The van der Waals surface area contributed by atoms with Crippen LogP contribution < -0.4 is 0 Å². The van der Waals surface area contributed by atoms with E-state index >= 15 is 0 Å². The quantitative estimate of drug-likeness (QED) is 0.753. The Balaban J connectivity index is 2.17. The highest BCUT2D eigenvalue weighted by Gasteiger charge is 2.32. The van der Waals surface area contributed by atoms with Crippen molar-refractivity contribution in [3.63, 3.8) is 0 Å². The Labute approximate surface area is 90.3 Å². The molecule has 0 bridgehead atoms. The second-order valence-corrected chi connectivity index (χ2v) is 4.28. The van der Waals surface area contributed by atoms with Crippen LogP contribution >= 0.6 is 0 Å². The largest absolute Gasteiger partial charge is 0.416 e. The molecular formula is C12H10F3N. The standard InChI is InChI=1S/C12H10F3N/c13-12(14,15)8-3-4-11-9(5-8)10(6-16-11)7-1-2-7/h3-7,16H,1-2H2. The number of alkyl halides is 3. The molecule has 2 aromatic rings. The van der Waals surface area contributed by atoms with Crippen LogP contribution in [-0.4, -0.2) is 4.98 Å². The lowest BCUT2D eigenvalue weighted by Gasteiger charge is -2.06. The fraction of sp³-hybridized carbons (Fsp3) is 0.333. The number of aromatic nitrogens is 1. The Morgan fingerprint density at radius 3 is 2.56 bits per heavy atom. The molecule has 0 aliphatic heterocycles. The Morgan fingerprint density at radius 1 is 1.19 bits per heavy atom. The number of benzene rings is 1. The van der Waals surface area contributed by atoms with Gasteiger partial charge in [0.05, 0.1) is 5.56 Å². The predicted molar refractivity (Wildman–Crippen MR) is 55.3 cm³/mol. The molecule has 0 amide bonds. The second-order valence-electron chi connectivity index (χ2n) is 4.28. The van der Waals surface area contributed by atoms with Crippen molar-refractivity contribution in [3.8, 4) is 0 Å². The van der Waals surface area contributed by atoms with Crippen LogP contribution in [0.3, 0.4) is 0 Å². The molecule has 1 heterocycles. The lowest BCUT2D eigenvalue weighted by Crippen LogP contribution is -2.04. The van der Waals surface area contributed by atoms with E-state index in [4.69, 9.17) is 0 Å². The summed E-state index contributed by atoms with van der Waals surface area (Å²) in [5.41, 5.74) is 1.25. The van der Waals surface area contributed by atoms with E-state index in [-0.39, 0.29) is 0 Å². The van der Waals surface area contributed by atoms with Gasteiger partial charge >= 0.3 is 6.18 Å². The molecule has 0 unspecified atom stereocenters. The van der Waals surface area contributed by atoms with E-state index in [9.17, 15) is 13.2 Å². The Kier molecular flexibility index (Phi) is 1.85. The minimum absolute atomic E-state index is 0.456. The maximum Gasteiger partial charge on any atom is 0.416 e. The van der Waals surface area contributed by atoms with Gasteiger partial charge in [0.1, 0.15) is 0 Å². The monoisotopic (exact) mass is 225 g/mol. The molecule has 1 aromatic heterocycles. The van der Waals surface area contributed by atoms with Gasteiger partial charge in [-0.25, -0.2) is 0 Å². The fourth-order valence-corrected chi connectivity index (χ4v) is 2.05. The number of H-pyrrole nitrogens is 1. The summed E-state index contributed by atoms with van der Waals surface area (Å²) in [6.45, 7) is 0. The first kappa shape index (κ1) is 9.75. The first-order valence-electron chi connectivity index (χ1n) is 5.24. The van der Waals surface area contributed by atoms with Gasteiger partial charge in [0.25, 0.3) is 0 Å². The van der Waals surface area contributed by atoms with Gasteiger partial charge in [-0.2, -0.15) is 13.2 Å². The average Bonchev–Trinajstić information content (AvgIpc) is 2.96. The van der Waals surface area contributed by atoms with Crippen LogP contribution in [0.4, 0.5) is 13.2 Å². The van der Waals surface area contributed by atoms with Crippen LogP contribution in [0.5, 0.6) is 0 Å². The van der Waals surface area contributed by atoms with Gasteiger partial charge < -0.3 is 4.98 Å². The molecule has 4 heteroatoms. The van der Waals surface area contributed by atoms with Crippen LogP contribution in [-0.2, 0) is 6.18 Å². The van der Waals surface area contributed by atoms with Crippen LogP contribution in [0.2, 0.25) is 0 Å². The zero-order chi connectivity index (χ0) is 11.3. The fourth-order valence-electron chi connectivity index (χ4n) is 2.05. The minimum atomic E-state index is -4.26. The van der Waals surface area contributed by atoms with E-state index in [2.05, 4.69) is 4.98 Å². The van der Waals surface area contributed by atoms with Gasteiger partial charge in [-0.1, -0.05) is 0 Å². The summed E-state index contributed by atoms with van der Waals surface area (Å²) in [4.78, 5) is 3.02. The zero-order valence-corrected chi connectivity index (χ0v) is 8.43. The predicted octanol–water partition coefficient (Wildman–Crippen LogP) is 4.06. The van der Waals surface area contributed by atoms with Crippen molar-refractivity contribution >= 4 is 10.9 Å². The molecule has 1 aromatic carbocycles. The van der Waals surface area contributed by atoms with E-state index in [1.807, 2.05) is 6.20 Å². The summed E-state index contributed by atoms with van der Waals surface area (Å²) in [6.07, 6.45) is -0.249. The van der Waals surface area contributed by atoms with E-state index in [1.165, 1.54) is 12.1 Å². The van der Waals surface area contributed by atoms with Gasteiger partial charge in [0, 0.05) is 17.1 Å². The van der Waals surface area contributed by atoms with Crippen LogP contribution in [0.25, 0.3) is 10.9 Å². The maximum atomic E-state index is 12.6. The number of nitrogens with one attached hydrogen (secondary N) is 1. The molecule has 1 N–H and O–H groups in total. The minimum Gasteiger partial charge on any atom is -0.361 e. The summed E-state index contributed by atoms with van der Waals surface area (Å²) in [5.74, 6) is 0.456. The maximum absolute atomic E-state index is 12.6. The van der Waals surface area contributed by atoms with Gasteiger partial charge in [-0.05, 0) is 42.5 Å². The summed E-state index contributed by atoms with van der Waals surface area (Å²) >= 11 is 0. The van der Waals surface area contributed by atoms with Crippen LogP contribution in [0, 0.1) is 0 Å². The molecule has 1 aliphatic rings. The van der Waals surface area contributed by atoms with Gasteiger partial charge in [0.15, 0.2) is 0 Å². The van der Waals surface area contributed by atoms with Crippen molar-refractivity contribution in [1.29, 1.82) is 0 Å². The number of hydrogen-bond donors (Lipinski definition) is 1. The molecule has 1 aliphatic carbocycles. The van der Waals surface area contributed by atoms with E-state index < -0.39 is 11.7 Å². The Hall–Kier alpha value is -1.45. The molecule has 1 nitrogen and oxygen atoms in total. The summed E-state index contributed by atoms with van der Waals surface area (Å²) < 4.78 is 37.7. The number of aromatic amines is 1. The first-order chi connectivity index (χ1) is 7.55. The summed E-state index contributed by atoms with van der Waals surface area (Å²) in [7, 11) is 0. The van der Waals surface area contributed by atoms with Crippen molar-refractivity contribution in [2.75, 3.05) is 0 Å². The number of rotatable bonds is 1. The molecule has 0 radical (unpaired) electrons. The average molecular weight is 225 g/mol. The number of hydrogen-bond acceptors (Lipinski definition) is 0. The molecule has 0 saturated heterocycles. The van der Waals surface area contributed by atoms with Gasteiger partial charge in [-0.3, -0.25) is 0 Å². The highest BCUT2D eigenvalue weighted by molar-refractivity contribution is 5.84. The molecule has 3 rings (SSSR count). The molecule has 16 heavy (non-hydrogen) atoms. The molecule has 0 atom stereocenters. The van der Waals surface area contributed by atoms with Crippen LogP contribution in [0.15, 0.2) is 24.4 Å². The highest BCUT2D eigenvalue weighted by atomic mass is 19.4. The summed E-state index contributed by atoms with van der Waals surface area (Å²) in [6, 6.07) is 3.87. The van der Waals surface area contributed by atoms with E-state index in [0.717, 1.165) is 35.4 Å². The third kappa shape index (κ3) is 1.49. The van der Waals surface area contributed by atoms with E-state index in [1.54, 1.807) is 0 Å². The van der Waals surface area contributed by atoms with Crippen molar-refractivity contribution in [1.82, 2.24) is 4.98 Å². The smallest absolute Gasteiger partial charge is 0.361 e. The van der Waals surface area contributed by atoms with Crippen molar-refractivity contribution < 1.29 is 13.2 Å². The van der Waals surface area contributed by atoms with Gasteiger partial charge in [-0.15, -0.1) is 0 Å². The van der Waals surface area contributed by atoms with E-state index in [0.29, 0.717) is 5.92 Å². The normalized spacial score (nSPS) is 16.9. The SMILES string of the molecule is FC(F)(F)c1ccc2[nH]cc(C3CC3)c2c1. The second kappa shape index (κ2) is 3.03. The molecule has 1 fully saturated rings. The molecule has 84 valence electrons. The topological polar surface area (TPSA) is 15.8 Å². The number of halogens is 3. The van der Waals surface area contributed by atoms with Crippen molar-refractivity contribution in [2.45, 2.75) is 24.9 Å². The zero-order valence-electron chi connectivity index (χ0n) is 8.43. The molecule has 1 saturated carbocycles. The third-order valence-corrected chi connectivity index (χ3v) is 3.06. The lowest BCUT2D eigenvalue weighted by molar-refractivity contribution is -0.137. The first-order valence-corrected chi connectivity index (χ1v) is 5.24. The van der Waals surface area contributed by atoms with Crippen molar-refractivity contribution in [3.05, 3.63) is 35.5 Å². The van der Waals surface area contributed by atoms with Gasteiger partial charge in [0.2, 0.25) is 0 Å². The lowest BCUT2D eigenvalue weighted by atomic mass is 10.1. The highest BCUT2D eigenvalue weighted by Crippen LogP contribution is 2.44. The van der Waals surface area contributed by atoms with Crippen LogP contribution in [0.1, 0.15) is 29.9 Å². The molecular weight excluding hydrogens is 215 g/mol. The third-order valence-electron chi connectivity index (χ3n) is 3.06. The summed E-state index contributed by atoms with van der Waals surface area (Å²) in [5, 5.41) is 0.720. The Morgan fingerprint density at radius 2 is 1.94 bits per heavy atom.